The summed E-state index contributed by atoms with van der Waals surface area (Å²) in [5.74, 6) is 0.667. The Morgan fingerprint density at radius 1 is 0.947 bits per heavy atom. The van der Waals surface area contributed by atoms with Crippen molar-refractivity contribution in [2.45, 2.75) is 33.2 Å². The molecule has 0 fully saturated rings. The molecule has 2 amide bonds. The second kappa shape index (κ2) is 10.1. The fourth-order valence-corrected chi connectivity index (χ4v) is 5.14. The molecule has 0 radical (unpaired) electrons. The lowest BCUT2D eigenvalue weighted by Gasteiger charge is -2.30. The molecule has 2 aromatic heterocycles. The third-order valence-corrected chi connectivity index (χ3v) is 7.24. The number of nitrogens with one attached hydrogen (secondary N) is 1. The highest BCUT2D eigenvalue weighted by molar-refractivity contribution is 5.94. The maximum absolute atomic E-state index is 13.3. The van der Waals surface area contributed by atoms with E-state index >= 15 is 0 Å². The predicted octanol–water partition coefficient (Wildman–Crippen LogP) is 6.82. The zero-order valence-corrected chi connectivity index (χ0v) is 21.6. The van der Waals surface area contributed by atoms with Crippen molar-refractivity contribution < 1.29 is 4.79 Å². The molecular weight excluding hydrogens is 470 g/mol. The van der Waals surface area contributed by atoms with Crippen molar-refractivity contribution in [3.8, 4) is 22.6 Å². The Hall–Kier alpha value is -4.58. The molecule has 188 valence electrons. The smallest absolute Gasteiger partial charge is 0.320 e. The van der Waals surface area contributed by atoms with E-state index in [1.54, 1.807) is 0 Å². The van der Waals surface area contributed by atoms with Gasteiger partial charge in [-0.1, -0.05) is 67.6 Å². The first-order chi connectivity index (χ1) is 18.6. The van der Waals surface area contributed by atoms with Crippen LogP contribution < -0.4 is 5.32 Å². The Bertz CT molecular complexity index is 1660. The largest absolute Gasteiger partial charge is 0.322 e. The fraction of sp³-hybridized carbons (Fsp3) is 0.188. The minimum absolute atomic E-state index is 0.109. The Kier molecular flexibility index (Phi) is 6.30. The summed E-state index contributed by atoms with van der Waals surface area (Å²) in [6, 6.07) is 24.3. The number of rotatable bonds is 4. The number of benzene rings is 3. The number of hydrogen-bond donors (Lipinski definition) is 1. The molecule has 0 spiro atoms. The van der Waals surface area contributed by atoms with Crippen LogP contribution in [0.4, 0.5) is 10.5 Å². The molecule has 6 rings (SSSR count). The van der Waals surface area contributed by atoms with Crippen molar-refractivity contribution in [2.24, 2.45) is 0 Å². The van der Waals surface area contributed by atoms with Gasteiger partial charge < -0.3 is 10.2 Å². The molecule has 0 bridgehead atoms. The van der Waals surface area contributed by atoms with E-state index in [1.165, 1.54) is 5.56 Å². The van der Waals surface area contributed by atoms with E-state index in [2.05, 4.69) is 54.5 Å². The molecule has 38 heavy (non-hydrogen) atoms. The van der Waals surface area contributed by atoms with Crippen LogP contribution in [0.3, 0.4) is 0 Å². The van der Waals surface area contributed by atoms with Crippen LogP contribution in [0.15, 0.2) is 85.2 Å². The van der Waals surface area contributed by atoms with Crippen LogP contribution in [-0.4, -0.2) is 32.4 Å². The first-order valence-corrected chi connectivity index (χ1v) is 13.0. The zero-order valence-electron chi connectivity index (χ0n) is 21.6. The van der Waals surface area contributed by atoms with E-state index in [4.69, 9.17) is 9.97 Å². The van der Waals surface area contributed by atoms with E-state index in [1.807, 2.05) is 59.8 Å². The van der Waals surface area contributed by atoms with E-state index in [9.17, 15) is 4.79 Å². The molecule has 0 saturated heterocycles. The summed E-state index contributed by atoms with van der Waals surface area (Å²) in [5, 5.41) is 5.21. The van der Waals surface area contributed by atoms with Gasteiger partial charge in [0.2, 0.25) is 0 Å². The number of pyridine rings is 1. The summed E-state index contributed by atoms with van der Waals surface area (Å²) in [5.41, 5.74) is 7.97. The molecule has 0 unspecified atom stereocenters. The Morgan fingerprint density at radius 3 is 2.66 bits per heavy atom. The van der Waals surface area contributed by atoms with Crippen LogP contribution in [0.25, 0.3) is 33.4 Å². The first kappa shape index (κ1) is 23.8. The minimum Gasteiger partial charge on any atom is -0.320 e. The standard InChI is InChI=1S/C32H29N5O/c1-3-22-10-8-12-24(17-22)34-32(38)37-16-15-29-28(20-37)30(25-13-6-4-9-21(25)2)36-31(35-29)27-19-33-18-23-11-5-7-14-26(23)27/h4-14,17-19H,3,15-16,20H2,1-2H3,(H,34,38). The summed E-state index contributed by atoms with van der Waals surface area (Å²) in [4.78, 5) is 29.8. The molecule has 1 aliphatic heterocycles. The number of fused-ring (bicyclic) bond motifs is 2. The molecular formula is C32H29N5O. The molecule has 3 aromatic carbocycles. The molecule has 0 aliphatic carbocycles. The van der Waals surface area contributed by atoms with Gasteiger partial charge in [-0.3, -0.25) is 4.98 Å². The van der Waals surface area contributed by atoms with E-state index in [0.29, 0.717) is 25.3 Å². The van der Waals surface area contributed by atoms with Gasteiger partial charge in [0, 0.05) is 53.1 Å². The molecule has 0 saturated carbocycles. The van der Waals surface area contributed by atoms with Gasteiger partial charge in [-0.25, -0.2) is 14.8 Å². The topological polar surface area (TPSA) is 71.0 Å². The number of carbonyl (C=O) groups is 1. The quantitative estimate of drug-likeness (QED) is 0.295. The zero-order chi connectivity index (χ0) is 26.1. The monoisotopic (exact) mass is 499 g/mol. The van der Waals surface area contributed by atoms with E-state index in [0.717, 1.165) is 56.5 Å². The lowest BCUT2D eigenvalue weighted by Crippen LogP contribution is -2.39. The Labute approximate surface area is 222 Å². The van der Waals surface area contributed by atoms with Crippen molar-refractivity contribution in [1.29, 1.82) is 0 Å². The minimum atomic E-state index is -0.109. The summed E-state index contributed by atoms with van der Waals surface area (Å²) in [6.45, 7) is 5.24. The normalized spacial score (nSPS) is 12.8. The molecule has 1 aliphatic rings. The van der Waals surface area contributed by atoms with Gasteiger partial charge in [0.05, 0.1) is 17.9 Å². The predicted molar refractivity (Wildman–Crippen MR) is 152 cm³/mol. The van der Waals surface area contributed by atoms with Crippen molar-refractivity contribution in [3.63, 3.8) is 0 Å². The number of anilines is 1. The third-order valence-electron chi connectivity index (χ3n) is 7.24. The van der Waals surface area contributed by atoms with Crippen LogP contribution >= 0.6 is 0 Å². The number of aryl methyl sites for hydroxylation is 2. The van der Waals surface area contributed by atoms with Crippen molar-refractivity contribution in [1.82, 2.24) is 19.9 Å². The highest BCUT2D eigenvalue weighted by Gasteiger charge is 2.27. The molecule has 3 heterocycles. The Balaban J connectivity index is 1.41. The van der Waals surface area contributed by atoms with Gasteiger partial charge >= 0.3 is 6.03 Å². The number of nitrogens with zero attached hydrogens (tertiary/aromatic N) is 4. The fourth-order valence-electron chi connectivity index (χ4n) is 5.14. The van der Waals surface area contributed by atoms with Gasteiger partial charge in [0.15, 0.2) is 5.82 Å². The molecule has 0 atom stereocenters. The summed E-state index contributed by atoms with van der Waals surface area (Å²) < 4.78 is 0. The lowest BCUT2D eigenvalue weighted by atomic mass is 9.96. The number of aromatic nitrogens is 3. The second-order valence-corrected chi connectivity index (χ2v) is 9.70. The number of hydrogen-bond acceptors (Lipinski definition) is 4. The van der Waals surface area contributed by atoms with Gasteiger partial charge in [-0.15, -0.1) is 0 Å². The molecule has 6 nitrogen and oxygen atoms in total. The van der Waals surface area contributed by atoms with Gasteiger partial charge in [-0.2, -0.15) is 0 Å². The average Bonchev–Trinajstić information content (AvgIpc) is 2.96. The lowest BCUT2D eigenvalue weighted by molar-refractivity contribution is 0.206. The molecule has 1 N–H and O–H groups in total. The average molecular weight is 500 g/mol. The summed E-state index contributed by atoms with van der Waals surface area (Å²) in [6.07, 6.45) is 5.29. The third kappa shape index (κ3) is 4.50. The highest BCUT2D eigenvalue weighted by atomic mass is 16.2. The SMILES string of the molecule is CCc1cccc(NC(=O)N2CCc3nc(-c4cncc5ccccc45)nc(-c4ccccc4C)c3C2)c1. The van der Waals surface area contributed by atoms with Gasteiger partial charge in [0.25, 0.3) is 0 Å². The van der Waals surface area contributed by atoms with Crippen LogP contribution in [0.5, 0.6) is 0 Å². The maximum atomic E-state index is 13.3. The van der Waals surface area contributed by atoms with Gasteiger partial charge in [0.1, 0.15) is 0 Å². The molecule has 5 aromatic rings. The number of carbonyl (C=O) groups excluding carboxylic acids is 1. The van der Waals surface area contributed by atoms with Crippen molar-refractivity contribution in [2.75, 3.05) is 11.9 Å². The van der Waals surface area contributed by atoms with Crippen LogP contribution in [0.1, 0.15) is 29.3 Å². The van der Waals surface area contributed by atoms with Crippen LogP contribution in [0.2, 0.25) is 0 Å². The van der Waals surface area contributed by atoms with Crippen LogP contribution in [0, 0.1) is 6.92 Å². The Morgan fingerprint density at radius 2 is 1.79 bits per heavy atom. The van der Waals surface area contributed by atoms with Crippen molar-refractivity contribution in [3.05, 3.63) is 108 Å². The summed E-state index contributed by atoms with van der Waals surface area (Å²) >= 11 is 0. The summed E-state index contributed by atoms with van der Waals surface area (Å²) in [7, 11) is 0. The van der Waals surface area contributed by atoms with Crippen LogP contribution in [-0.2, 0) is 19.4 Å². The van der Waals surface area contributed by atoms with E-state index < -0.39 is 0 Å². The first-order valence-electron chi connectivity index (χ1n) is 13.0. The van der Waals surface area contributed by atoms with Crippen molar-refractivity contribution >= 4 is 22.5 Å². The van der Waals surface area contributed by atoms with E-state index in [-0.39, 0.29) is 6.03 Å². The number of urea groups is 1. The second-order valence-electron chi connectivity index (χ2n) is 9.70. The highest BCUT2D eigenvalue weighted by Crippen LogP contribution is 2.34. The van der Waals surface area contributed by atoms with Gasteiger partial charge in [-0.05, 0) is 42.0 Å². The molecule has 6 heteroatoms. The maximum Gasteiger partial charge on any atom is 0.322 e. The number of amides is 2.